The van der Waals surface area contributed by atoms with Gasteiger partial charge in [-0.15, -0.1) is 0 Å². The summed E-state index contributed by atoms with van der Waals surface area (Å²) < 4.78 is 45.5. The van der Waals surface area contributed by atoms with Crippen molar-refractivity contribution >= 4 is 40.1 Å². The molecule has 0 aliphatic heterocycles. The molecular weight excluding hydrogens is 307 g/mol. The van der Waals surface area contributed by atoms with Gasteiger partial charge in [0.15, 0.2) is 0 Å². The number of H-pyrrole nitrogens is 1. The number of rotatable bonds is 3. The monoisotopic (exact) mass is 315 g/mol. The van der Waals surface area contributed by atoms with E-state index in [2.05, 4.69) is 14.1 Å². The van der Waals surface area contributed by atoms with E-state index in [9.17, 15) is 13.2 Å². The highest BCUT2D eigenvalue weighted by Gasteiger charge is 2.33. The molecule has 1 aromatic carbocycles. The van der Waals surface area contributed by atoms with Gasteiger partial charge in [-0.1, -0.05) is 12.1 Å². The van der Waals surface area contributed by atoms with Crippen LogP contribution in [0.3, 0.4) is 0 Å². The summed E-state index contributed by atoms with van der Waals surface area (Å²) in [5.41, 5.74) is 0.392. The number of para-hydroxylation sites is 1. The highest BCUT2D eigenvalue weighted by atomic mass is 32.2. The molecule has 104 valence electrons. The van der Waals surface area contributed by atoms with E-state index in [0.29, 0.717) is 11.2 Å². The van der Waals surface area contributed by atoms with E-state index >= 15 is 0 Å². The summed E-state index contributed by atoms with van der Waals surface area (Å²) in [5.74, 6) is 0. The maximum atomic E-state index is 12.8. The van der Waals surface area contributed by atoms with Gasteiger partial charge in [-0.05, 0) is 29.5 Å². The molecule has 3 aromatic rings. The highest BCUT2D eigenvalue weighted by Crippen LogP contribution is 2.37. The quantitative estimate of drug-likeness (QED) is 0.685. The smallest absolute Gasteiger partial charge is 0.359 e. The van der Waals surface area contributed by atoms with Gasteiger partial charge in [0, 0.05) is 17.0 Å². The van der Waals surface area contributed by atoms with E-state index in [4.69, 9.17) is 0 Å². The summed E-state index contributed by atoms with van der Waals surface area (Å²) in [7, 11) is 0. The molecule has 0 spiro atoms. The molecule has 2 aromatic heterocycles. The first-order valence-electron chi connectivity index (χ1n) is 5.55. The highest BCUT2D eigenvalue weighted by molar-refractivity contribution is 8.00. The second kappa shape index (κ2) is 5.02. The Bertz CT molecular complexity index is 719. The van der Waals surface area contributed by atoms with Crippen LogP contribution in [0.15, 0.2) is 40.9 Å². The molecule has 2 N–H and O–H groups in total. The van der Waals surface area contributed by atoms with Crippen LogP contribution in [0.4, 0.5) is 18.9 Å². The standard InChI is InChI=1S/C12H8F3N3S2/c13-12(14,15)9-5-16-11-8(9)2-1-3-10(11)18-20-7-4-17-19-6-7/h1-6,16,18H. The average Bonchev–Trinajstić information content (AvgIpc) is 3.04. The normalized spacial score (nSPS) is 11.9. The number of hydrogen-bond acceptors (Lipinski definition) is 4. The Labute approximate surface area is 120 Å². The number of hydrogen-bond donors (Lipinski definition) is 2. The summed E-state index contributed by atoms with van der Waals surface area (Å²) in [5, 5.41) is 2.01. The van der Waals surface area contributed by atoms with Crippen LogP contribution in [0.1, 0.15) is 5.56 Å². The molecule has 8 heteroatoms. The van der Waals surface area contributed by atoms with Crippen molar-refractivity contribution in [2.75, 3.05) is 4.72 Å². The molecule has 0 amide bonds. The molecule has 0 unspecified atom stereocenters. The topological polar surface area (TPSA) is 40.7 Å². The summed E-state index contributed by atoms with van der Waals surface area (Å²) in [6.45, 7) is 0. The first kappa shape index (κ1) is 13.3. The number of anilines is 1. The van der Waals surface area contributed by atoms with Crippen molar-refractivity contribution < 1.29 is 13.2 Å². The molecule has 0 radical (unpaired) electrons. The molecule has 0 bridgehead atoms. The molecule has 20 heavy (non-hydrogen) atoms. The van der Waals surface area contributed by atoms with Gasteiger partial charge in [-0.3, -0.25) is 0 Å². The Hall–Kier alpha value is -1.67. The lowest BCUT2D eigenvalue weighted by atomic mass is 10.1. The van der Waals surface area contributed by atoms with Gasteiger partial charge in [0.2, 0.25) is 0 Å². The molecule has 0 atom stereocenters. The fourth-order valence-electron chi connectivity index (χ4n) is 1.83. The van der Waals surface area contributed by atoms with E-state index in [-0.39, 0.29) is 5.39 Å². The fraction of sp³-hybridized carbons (Fsp3) is 0.0833. The number of benzene rings is 1. The van der Waals surface area contributed by atoms with Crippen LogP contribution in [-0.4, -0.2) is 9.36 Å². The van der Waals surface area contributed by atoms with Crippen molar-refractivity contribution in [2.24, 2.45) is 0 Å². The van der Waals surface area contributed by atoms with Crippen molar-refractivity contribution in [3.8, 4) is 0 Å². The molecule has 0 saturated heterocycles. The van der Waals surface area contributed by atoms with Gasteiger partial charge in [0.1, 0.15) is 0 Å². The largest absolute Gasteiger partial charge is 0.418 e. The van der Waals surface area contributed by atoms with Gasteiger partial charge in [-0.2, -0.15) is 17.5 Å². The van der Waals surface area contributed by atoms with Gasteiger partial charge >= 0.3 is 6.18 Å². The third kappa shape index (κ3) is 2.48. The Kier molecular flexibility index (Phi) is 3.35. The molecule has 0 aliphatic rings. The second-order valence-electron chi connectivity index (χ2n) is 3.99. The lowest BCUT2D eigenvalue weighted by molar-refractivity contribution is -0.136. The van der Waals surface area contributed by atoms with Crippen LogP contribution in [0.2, 0.25) is 0 Å². The van der Waals surface area contributed by atoms with Crippen molar-refractivity contribution in [1.29, 1.82) is 0 Å². The summed E-state index contributed by atoms with van der Waals surface area (Å²) in [6.07, 6.45) is -1.67. The van der Waals surface area contributed by atoms with E-state index < -0.39 is 11.7 Å². The minimum absolute atomic E-state index is 0.159. The number of halogens is 3. The molecule has 0 fully saturated rings. The van der Waals surface area contributed by atoms with Gasteiger partial charge in [-0.25, -0.2) is 0 Å². The zero-order chi connectivity index (χ0) is 14.2. The number of aromatic amines is 1. The predicted molar refractivity (Wildman–Crippen MR) is 74.9 cm³/mol. The zero-order valence-electron chi connectivity index (χ0n) is 9.86. The number of nitrogens with one attached hydrogen (secondary N) is 2. The Morgan fingerprint density at radius 1 is 1.30 bits per heavy atom. The third-order valence-electron chi connectivity index (χ3n) is 2.71. The lowest BCUT2D eigenvalue weighted by Crippen LogP contribution is -2.03. The molecule has 0 aliphatic carbocycles. The predicted octanol–water partition coefficient (Wildman–Crippen LogP) is 4.76. The minimum Gasteiger partial charge on any atom is -0.359 e. The summed E-state index contributed by atoms with van der Waals surface area (Å²) in [4.78, 5) is 3.60. The van der Waals surface area contributed by atoms with Crippen LogP contribution < -0.4 is 4.72 Å². The molecule has 2 heterocycles. The first-order valence-corrected chi connectivity index (χ1v) is 7.20. The van der Waals surface area contributed by atoms with Crippen LogP contribution >= 0.6 is 23.5 Å². The maximum Gasteiger partial charge on any atom is 0.418 e. The number of nitrogens with zero attached hydrogens (tertiary/aromatic N) is 1. The van der Waals surface area contributed by atoms with Crippen molar-refractivity contribution in [3.05, 3.63) is 41.5 Å². The van der Waals surface area contributed by atoms with Gasteiger partial charge in [0.25, 0.3) is 0 Å². The van der Waals surface area contributed by atoms with E-state index in [1.807, 2.05) is 5.38 Å². The number of aromatic nitrogens is 2. The van der Waals surface area contributed by atoms with E-state index in [1.54, 1.807) is 18.3 Å². The fourth-order valence-corrected chi connectivity index (χ4v) is 3.13. The SMILES string of the molecule is FC(F)(F)c1c[nH]c2c(NSc3cnsc3)cccc12. The Balaban J connectivity index is 1.94. The second-order valence-corrected chi connectivity index (χ2v) is 5.53. The van der Waals surface area contributed by atoms with Crippen molar-refractivity contribution in [1.82, 2.24) is 9.36 Å². The van der Waals surface area contributed by atoms with Crippen LogP contribution in [0.5, 0.6) is 0 Å². The van der Waals surface area contributed by atoms with E-state index in [1.165, 1.54) is 29.5 Å². The molecule has 0 saturated carbocycles. The van der Waals surface area contributed by atoms with Crippen LogP contribution in [0, 0.1) is 0 Å². The zero-order valence-corrected chi connectivity index (χ0v) is 11.5. The Morgan fingerprint density at radius 2 is 2.15 bits per heavy atom. The van der Waals surface area contributed by atoms with Crippen molar-refractivity contribution in [3.63, 3.8) is 0 Å². The number of alkyl halides is 3. The van der Waals surface area contributed by atoms with Crippen LogP contribution in [-0.2, 0) is 6.18 Å². The van der Waals surface area contributed by atoms with Crippen LogP contribution in [0.25, 0.3) is 10.9 Å². The minimum atomic E-state index is -4.36. The Morgan fingerprint density at radius 3 is 2.85 bits per heavy atom. The summed E-state index contributed by atoms with van der Waals surface area (Å²) >= 11 is 2.63. The first-order chi connectivity index (χ1) is 9.55. The van der Waals surface area contributed by atoms with Gasteiger partial charge < -0.3 is 9.71 Å². The van der Waals surface area contributed by atoms with Crippen molar-refractivity contribution in [2.45, 2.75) is 11.1 Å². The molecular formula is C12H8F3N3S2. The van der Waals surface area contributed by atoms with Gasteiger partial charge in [0.05, 0.1) is 27.9 Å². The lowest BCUT2D eigenvalue weighted by Gasteiger charge is -2.07. The van der Waals surface area contributed by atoms with E-state index in [0.717, 1.165) is 11.1 Å². The molecule has 3 nitrogen and oxygen atoms in total. The summed E-state index contributed by atoms with van der Waals surface area (Å²) in [6, 6.07) is 4.78. The third-order valence-corrected chi connectivity index (χ3v) is 4.23. The number of fused-ring (bicyclic) bond motifs is 1. The molecule has 3 rings (SSSR count). The average molecular weight is 315 g/mol. The maximum absolute atomic E-state index is 12.8.